The molecule has 0 atom stereocenters. The molecule has 0 aromatic heterocycles. The van der Waals surface area contributed by atoms with Gasteiger partial charge in [-0.15, -0.1) is 0 Å². The van der Waals surface area contributed by atoms with Crippen LogP contribution in [0.5, 0.6) is 5.75 Å². The molecule has 0 spiro atoms. The second-order valence-corrected chi connectivity index (χ2v) is 3.59. The van der Waals surface area contributed by atoms with E-state index >= 15 is 0 Å². The van der Waals surface area contributed by atoms with Gasteiger partial charge in [0.2, 0.25) is 0 Å². The maximum Gasteiger partial charge on any atom is 0.514 e. The molecule has 0 aliphatic carbocycles. The zero-order chi connectivity index (χ0) is 16.3. The number of alkyl halides is 5. The number of hydrogen-bond acceptors (Lipinski definition) is 5. The third-order valence-electron chi connectivity index (χ3n) is 2.03. The van der Waals surface area contributed by atoms with Gasteiger partial charge < -0.3 is 9.47 Å². The minimum Gasteiger partial charge on any atom is -0.427 e. The molecule has 0 heterocycles. The van der Waals surface area contributed by atoms with Crippen LogP contribution in [0.1, 0.15) is 0 Å². The summed E-state index contributed by atoms with van der Waals surface area (Å²) in [6, 6.07) is 3.77. The van der Waals surface area contributed by atoms with Gasteiger partial charge in [-0.05, 0) is 12.1 Å². The predicted octanol–water partition coefficient (Wildman–Crippen LogP) is 3.31. The monoisotopic (exact) mass is 315 g/mol. The predicted molar refractivity (Wildman–Crippen MR) is 56.1 cm³/mol. The van der Waals surface area contributed by atoms with Crippen molar-refractivity contribution in [1.82, 2.24) is 0 Å². The molecule has 6 nitrogen and oxygen atoms in total. The van der Waals surface area contributed by atoms with E-state index in [1.807, 2.05) is 0 Å². The Kier molecular flexibility index (Phi) is 4.66. The van der Waals surface area contributed by atoms with Gasteiger partial charge in [-0.2, -0.15) is 22.0 Å². The zero-order valence-corrected chi connectivity index (χ0v) is 9.89. The molecule has 0 N–H and O–H groups in total. The summed E-state index contributed by atoms with van der Waals surface area (Å²) in [5.74, 6) is -5.53. The first kappa shape index (κ1) is 16.6. The summed E-state index contributed by atoms with van der Waals surface area (Å²) in [7, 11) is 0. The van der Waals surface area contributed by atoms with E-state index in [0.717, 1.165) is 24.3 Å². The molecular formula is C10H6F5NO5. The summed E-state index contributed by atoms with van der Waals surface area (Å²) in [4.78, 5) is 20.5. The van der Waals surface area contributed by atoms with Crippen molar-refractivity contribution in [3.05, 3.63) is 34.4 Å². The van der Waals surface area contributed by atoms with E-state index in [-0.39, 0.29) is 11.4 Å². The lowest BCUT2D eigenvalue weighted by molar-refractivity contribution is -0.384. The fourth-order valence-corrected chi connectivity index (χ4v) is 0.993. The molecule has 0 fully saturated rings. The molecule has 1 aromatic carbocycles. The minimum absolute atomic E-state index is 0.319. The maximum absolute atomic E-state index is 12.4. The van der Waals surface area contributed by atoms with Crippen molar-refractivity contribution in [2.45, 2.75) is 12.1 Å². The van der Waals surface area contributed by atoms with Crippen molar-refractivity contribution in [2.24, 2.45) is 0 Å². The lowest BCUT2D eigenvalue weighted by atomic mass is 10.3. The first-order valence-corrected chi connectivity index (χ1v) is 5.06. The standard InChI is InChI=1S/C10H6F5NO5/c11-9(12,10(13,14)15)5-20-8(17)21-7-3-1-6(2-4-7)16(18)19/h1-4H,5H2. The topological polar surface area (TPSA) is 78.7 Å². The van der Waals surface area contributed by atoms with E-state index in [9.17, 15) is 36.9 Å². The normalized spacial score (nSPS) is 11.9. The van der Waals surface area contributed by atoms with Crippen LogP contribution >= 0.6 is 0 Å². The Morgan fingerprint density at radius 1 is 1.14 bits per heavy atom. The number of hydrogen-bond donors (Lipinski definition) is 0. The number of nitrogens with zero attached hydrogens (tertiary/aromatic N) is 1. The van der Waals surface area contributed by atoms with E-state index in [4.69, 9.17) is 0 Å². The first-order chi connectivity index (χ1) is 9.53. The summed E-state index contributed by atoms with van der Waals surface area (Å²) in [6.45, 7) is -2.23. The summed E-state index contributed by atoms with van der Waals surface area (Å²) in [6.07, 6.45) is -7.66. The molecule has 21 heavy (non-hydrogen) atoms. The van der Waals surface area contributed by atoms with Crippen LogP contribution in [-0.4, -0.2) is 29.8 Å². The lowest BCUT2D eigenvalue weighted by Gasteiger charge is -2.18. The van der Waals surface area contributed by atoms with Crippen LogP contribution in [-0.2, 0) is 4.74 Å². The van der Waals surface area contributed by atoms with Crippen molar-refractivity contribution in [1.29, 1.82) is 0 Å². The van der Waals surface area contributed by atoms with Gasteiger partial charge in [0.25, 0.3) is 5.69 Å². The molecule has 0 aliphatic heterocycles. The lowest BCUT2D eigenvalue weighted by Crippen LogP contribution is -2.41. The molecule has 0 bridgehead atoms. The molecule has 11 heteroatoms. The summed E-state index contributed by atoms with van der Waals surface area (Å²) in [5, 5.41) is 10.3. The number of carbonyl (C=O) groups excluding carboxylic acids is 1. The van der Waals surface area contributed by atoms with Crippen molar-refractivity contribution < 1.29 is 41.1 Å². The number of nitro groups is 1. The second-order valence-electron chi connectivity index (χ2n) is 3.59. The van der Waals surface area contributed by atoms with E-state index < -0.39 is 29.8 Å². The third kappa shape index (κ3) is 4.54. The molecule has 0 saturated carbocycles. The summed E-state index contributed by atoms with van der Waals surface area (Å²) >= 11 is 0. The Morgan fingerprint density at radius 2 is 1.67 bits per heavy atom. The second kappa shape index (κ2) is 5.89. The Hall–Kier alpha value is -2.46. The van der Waals surface area contributed by atoms with Crippen molar-refractivity contribution >= 4 is 11.8 Å². The zero-order valence-electron chi connectivity index (χ0n) is 9.89. The molecular weight excluding hydrogens is 309 g/mol. The van der Waals surface area contributed by atoms with Crippen LogP contribution in [0.25, 0.3) is 0 Å². The van der Waals surface area contributed by atoms with E-state index in [1.165, 1.54) is 0 Å². The van der Waals surface area contributed by atoms with Gasteiger partial charge in [-0.1, -0.05) is 0 Å². The Bertz CT molecular complexity index is 528. The first-order valence-electron chi connectivity index (χ1n) is 5.06. The highest BCUT2D eigenvalue weighted by atomic mass is 19.4. The van der Waals surface area contributed by atoms with Crippen LogP contribution in [0.3, 0.4) is 0 Å². The number of ether oxygens (including phenoxy) is 2. The number of halogens is 5. The number of benzene rings is 1. The van der Waals surface area contributed by atoms with Crippen LogP contribution in [0.4, 0.5) is 32.4 Å². The highest BCUT2D eigenvalue weighted by molar-refractivity contribution is 5.64. The molecule has 0 unspecified atom stereocenters. The molecule has 0 radical (unpaired) electrons. The number of nitro benzene ring substituents is 1. The molecule has 116 valence electrons. The molecule has 0 saturated heterocycles. The van der Waals surface area contributed by atoms with Gasteiger partial charge in [-0.25, -0.2) is 4.79 Å². The molecule has 0 aliphatic rings. The Balaban J connectivity index is 2.56. The van der Waals surface area contributed by atoms with Crippen molar-refractivity contribution in [3.8, 4) is 5.75 Å². The smallest absolute Gasteiger partial charge is 0.427 e. The van der Waals surface area contributed by atoms with Crippen LogP contribution in [0, 0.1) is 10.1 Å². The number of non-ortho nitro benzene ring substituents is 1. The average molecular weight is 315 g/mol. The fraction of sp³-hybridized carbons (Fsp3) is 0.300. The van der Waals surface area contributed by atoms with Crippen LogP contribution in [0.15, 0.2) is 24.3 Å². The number of rotatable bonds is 4. The van der Waals surface area contributed by atoms with E-state index in [1.54, 1.807) is 0 Å². The van der Waals surface area contributed by atoms with Gasteiger partial charge in [0, 0.05) is 12.1 Å². The minimum atomic E-state index is -5.86. The van der Waals surface area contributed by atoms with E-state index in [2.05, 4.69) is 9.47 Å². The van der Waals surface area contributed by atoms with Crippen molar-refractivity contribution in [2.75, 3.05) is 6.61 Å². The van der Waals surface area contributed by atoms with Gasteiger partial charge >= 0.3 is 18.3 Å². The summed E-state index contributed by atoms with van der Waals surface area (Å²) in [5.41, 5.74) is -0.334. The van der Waals surface area contributed by atoms with Gasteiger partial charge in [0.15, 0.2) is 6.61 Å². The summed E-state index contributed by atoms with van der Waals surface area (Å²) < 4.78 is 68.2. The molecule has 1 aromatic rings. The third-order valence-corrected chi connectivity index (χ3v) is 2.03. The fourth-order valence-electron chi connectivity index (χ4n) is 0.993. The van der Waals surface area contributed by atoms with Crippen molar-refractivity contribution in [3.63, 3.8) is 0 Å². The molecule has 1 rings (SSSR count). The average Bonchev–Trinajstić information content (AvgIpc) is 2.36. The highest BCUT2D eigenvalue weighted by Crippen LogP contribution is 2.35. The van der Waals surface area contributed by atoms with Crippen LogP contribution in [0.2, 0.25) is 0 Å². The van der Waals surface area contributed by atoms with Gasteiger partial charge in [0.05, 0.1) is 4.92 Å². The Labute approximate surface area is 113 Å². The maximum atomic E-state index is 12.4. The highest BCUT2D eigenvalue weighted by Gasteiger charge is 2.58. The SMILES string of the molecule is O=C(OCC(F)(F)C(F)(F)F)Oc1ccc([N+](=O)[O-])cc1. The Morgan fingerprint density at radius 3 is 2.10 bits per heavy atom. The van der Waals surface area contributed by atoms with Gasteiger partial charge in [0.1, 0.15) is 5.75 Å². The molecule has 0 amide bonds. The number of carbonyl (C=O) groups is 1. The largest absolute Gasteiger partial charge is 0.514 e. The van der Waals surface area contributed by atoms with Crippen LogP contribution < -0.4 is 4.74 Å². The van der Waals surface area contributed by atoms with E-state index in [0.29, 0.717) is 0 Å². The quantitative estimate of drug-likeness (QED) is 0.280. The van der Waals surface area contributed by atoms with Gasteiger partial charge in [-0.3, -0.25) is 10.1 Å².